The van der Waals surface area contributed by atoms with Gasteiger partial charge in [-0.3, -0.25) is 4.21 Å². The zero-order valence-electron chi connectivity index (χ0n) is 21.7. The summed E-state index contributed by atoms with van der Waals surface area (Å²) in [6, 6.07) is 9.73. The molecule has 1 aromatic heterocycles. The molecule has 0 saturated carbocycles. The van der Waals surface area contributed by atoms with Crippen LogP contribution in [0.15, 0.2) is 35.5 Å². The van der Waals surface area contributed by atoms with Crippen LogP contribution in [0.2, 0.25) is 0 Å². The van der Waals surface area contributed by atoms with Crippen molar-refractivity contribution in [1.82, 2.24) is 19.8 Å². The Morgan fingerprint density at radius 1 is 1.08 bits per heavy atom. The van der Waals surface area contributed by atoms with Gasteiger partial charge in [0.15, 0.2) is 0 Å². The first-order valence-electron chi connectivity index (χ1n) is 12.6. The molecule has 2 amide bonds. The van der Waals surface area contributed by atoms with E-state index in [1.54, 1.807) is 11.2 Å². The number of hydrogen-bond acceptors (Lipinski definition) is 8. The molecule has 3 aliphatic heterocycles. The van der Waals surface area contributed by atoms with Crippen LogP contribution in [-0.4, -0.2) is 79.7 Å². The van der Waals surface area contributed by atoms with Gasteiger partial charge in [0.25, 0.3) is 0 Å². The molecule has 0 bridgehead atoms. The molecule has 3 aliphatic rings. The molecule has 2 fully saturated rings. The van der Waals surface area contributed by atoms with Gasteiger partial charge in [-0.25, -0.2) is 19.6 Å². The number of rotatable bonds is 4. The number of nitrogens with zero attached hydrogens (tertiary/aromatic N) is 5. The van der Waals surface area contributed by atoms with Crippen LogP contribution >= 0.6 is 0 Å². The second kappa shape index (κ2) is 9.92. The van der Waals surface area contributed by atoms with Crippen LogP contribution < -0.4 is 4.90 Å². The van der Waals surface area contributed by atoms with Crippen molar-refractivity contribution < 1.29 is 23.3 Å². The molecule has 4 heterocycles. The number of ether oxygens (including phenoxy) is 2. The minimum absolute atomic E-state index is 0.0593. The van der Waals surface area contributed by atoms with Crippen molar-refractivity contribution >= 4 is 28.8 Å². The van der Waals surface area contributed by atoms with Crippen molar-refractivity contribution in [3.05, 3.63) is 47.2 Å². The Labute approximate surface area is 219 Å². The highest BCUT2D eigenvalue weighted by Gasteiger charge is 2.51. The fourth-order valence-electron chi connectivity index (χ4n) is 5.13. The average Bonchev–Trinajstić information content (AvgIpc) is 3.17. The maximum absolute atomic E-state index is 12.8. The van der Waals surface area contributed by atoms with Gasteiger partial charge >= 0.3 is 12.2 Å². The van der Waals surface area contributed by atoms with E-state index in [2.05, 4.69) is 14.9 Å². The topological polar surface area (TPSA) is 105 Å². The minimum Gasteiger partial charge on any atom is -0.445 e. The molecule has 0 N–H and O–H groups in total. The number of amides is 2. The Kier molecular flexibility index (Phi) is 6.82. The van der Waals surface area contributed by atoms with Crippen molar-refractivity contribution in [1.29, 1.82) is 0 Å². The van der Waals surface area contributed by atoms with Crippen LogP contribution in [-0.2, 0) is 39.8 Å². The Hall–Kier alpha value is -3.21. The van der Waals surface area contributed by atoms with E-state index in [1.807, 2.05) is 56.0 Å². The summed E-state index contributed by atoms with van der Waals surface area (Å²) in [6.07, 6.45) is 2.25. The van der Waals surface area contributed by atoms with Crippen LogP contribution in [0.4, 0.5) is 15.4 Å². The molecular weight excluding hydrogens is 494 g/mol. The highest BCUT2D eigenvalue weighted by molar-refractivity contribution is 7.84. The summed E-state index contributed by atoms with van der Waals surface area (Å²) in [5, 5.41) is 0.249. The van der Waals surface area contributed by atoms with E-state index in [4.69, 9.17) is 9.47 Å². The zero-order valence-corrected chi connectivity index (χ0v) is 22.5. The number of likely N-dealkylation sites (tertiary alicyclic amines) is 1. The largest absolute Gasteiger partial charge is 0.445 e. The third-order valence-electron chi connectivity index (χ3n) is 6.94. The standard InChI is InChI=1S/C26H33N5O5S/c1-26(2,3)36-25(33)30-13-11-20-21(30)15-31(20)22-18-10-12-29(14-19(18)27-23(28-22)37(4)34)24(32)35-16-17-8-6-5-7-9-17/h5-9,20-21H,10-16H2,1-4H3/t20-,21-,37?/m1/s1. The predicted molar refractivity (Wildman–Crippen MR) is 138 cm³/mol. The van der Waals surface area contributed by atoms with Gasteiger partial charge in [0.2, 0.25) is 5.16 Å². The molecule has 0 radical (unpaired) electrons. The van der Waals surface area contributed by atoms with Crippen molar-refractivity contribution in [2.75, 3.05) is 30.8 Å². The number of carbonyl (C=O) groups is 2. The zero-order chi connectivity index (χ0) is 26.3. The van der Waals surface area contributed by atoms with Crippen LogP contribution in [0, 0.1) is 0 Å². The summed E-state index contributed by atoms with van der Waals surface area (Å²) < 4.78 is 23.5. The number of carbonyl (C=O) groups excluding carboxylic acids is 2. The quantitative estimate of drug-likeness (QED) is 0.559. The number of fused-ring (bicyclic) bond motifs is 2. The third-order valence-corrected chi connectivity index (χ3v) is 7.63. The molecule has 1 aromatic carbocycles. The van der Waals surface area contributed by atoms with E-state index in [9.17, 15) is 13.8 Å². The van der Waals surface area contributed by atoms with Gasteiger partial charge in [-0.15, -0.1) is 0 Å². The normalized spacial score (nSPS) is 21.6. The Morgan fingerprint density at radius 3 is 2.54 bits per heavy atom. The molecule has 37 heavy (non-hydrogen) atoms. The monoisotopic (exact) mass is 527 g/mol. The summed E-state index contributed by atoms with van der Waals surface area (Å²) in [6.45, 7) is 7.82. The van der Waals surface area contributed by atoms with E-state index in [0.29, 0.717) is 31.7 Å². The van der Waals surface area contributed by atoms with E-state index < -0.39 is 22.5 Å². The molecule has 198 valence electrons. The molecule has 1 unspecified atom stereocenters. The molecule has 10 nitrogen and oxygen atoms in total. The van der Waals surface area contributed by atoms with Crippen LogP contribution in [0.1, 0.15) is 44.0 Å². The predicted octanol–water partition coefficient (Wildman–Crippen LogP) is 3.11. The van der Waals surface area contributed by atoms with Gasteiger partial charge in [-0.05, 0) is 39.2 Å². The molecular formula is C26H33N5O5S. The summed E-state index contributed by atoms with van der Waals surface area (Å²) in [5.41, 5.74) is 2.04. The lowest BCUT2D eigenvalue weighted by Gasteiger charge is -2.48. The minimum atomic E-state index is -1.38. The van der Waals surface area contributed by atoms with Gasteiger partial charge in [0, 0.05) is 31.5 Å². The molecule has 0 spiro atoms. The smallest absolute Gasteiger partial charge is 0.410 e. The lowest BCUT2D eigenvalue weighted by Crippen LogP contribution is -2.63. The fraction of sp³-hybridized carbons (Fsp3) is 0.538. The van der Waals surface area contributed by atoms with Gasteiger partial charge in [-0.2, -0.15) is 0 Å². The van der Waals surface area contributed by atoms with Gasteiger partial charge in [0.1, 0.15) is 18.0 Å². The fourth-order valence-corrected chi connectivity index (χ4v) is 5.59. The summed E-state index contributed by atoms with van der Waals surface area (Å²) in [7, 11) is -1.38. The summed E-state index contributed by atoms with van der Waals surface area (Å²) in [4.78, 5) is 40.3. The molecule has 3 atom stereocenters. The van der Waals surface area contributed by atoms with Crippen molar-refractivity contribution in [2.45, 2.75) is 69.6 Å². The maximum atomic E-state index is 12.8. The first kappa shape index (κ1) is 25.4. The lowest BCUT2D eigenvalue weighted by atomic mass is 9.95. The SMILES string of the molecule is CS(=O)c1nc2c(c(N3C[C@@H]4[C@H]3CCN4C(=O)OC(C)(C)C)n1)CCN(C(=O)OCc1ccccc1)C2. The average molecular weight is 528 g/mol. The van der Waals surface area contributed by atoms with Gasteiger partial charge < -0.3 is 24.2 Å². The molecule has 2 aromatic rings. The number of hydrogen-bond donors (Lipinski definition) is 0. The van der Waals surface area contributed by atoms with E-state index >= 15 is 0 Å². The van der Waals surface area contributed by atoms with Crippen molar-refractivity contribution in [2.24, 2.45) is 0 Å². The number of anilines is 1. The first-order valence-corrected chi connectivity index (χ1v) is 14.1. The van der Waals surface area contributed by atoms with Crippen LogP contribution in [0.5, 0.6) is 0 Å². The van der Waals surface area contributed by atoms with E-state index in [1.165, 1.54) is 0 Å². The second-order valence-electron chi connectivity index (χ2n) is 10.7. The second-order valence-corrected chi connectivity index (χ2v) is 11.9. The Morgan fingerprint density at radius 2 is 1.84 bits per heavy atom. The first-order chi connectivity index (χ1) is 17.6. The summed E-state index contributed by atoms with van der Waals surface area (Å²) >= 11 is 0. The molecule has 2 saturated heterocycles. The van der Waals surface area contributed by atoms with E-state index in [0.717, 1.165) is 23.4 Å². The lowest BCUT2D eigenvalue weighted by molar-refractivity contribution is 0.0193. The third kappa shape index (κ3) is 5.27. The van der Waals surface area contributed by atoms with Gasteiger partial charge in [-0.1, -0.05) is 30.3 Å². The highest BCUT2D eigenvalue weighted by atomic mass is 32.2. The van der Waals surface area contributed by atoms with Gasteiger partial charge in [0.05, 0.1) is 35.1 Å². The Bertz CT molecular complexity index is 1220. The van der Waals surface area contributed by atoms with Crippen LogP contribution in [0.3, 0.4) is 0 Å². The summed E-state index contributed by atoms with van der Waals surface area (Å²) in [5.74, 6) is 0.764. The van der Waals surface area contributed by atoms with E-state index in [-0.39, 0.29) is 36.5 Å². The Balaban J connectivity index is 1.31. The van der Waals surface area contributed by atoms with Crippen molar-refractivity contribution in [3.8, 4) is 0 Å². The van der Waals surface area contributed by atoms with Crippen LogP contribution in [0.25, 0.3) is 0 Å². The van der Waals surface area contributed by atoms with Crippen molar-refractivity contribution in [3.63, 3.8) is 0 Å². The maximum Gasteiger partial charge on any atom is 0.410 e. The molecule has 0 aliphatic carbocycles. The molecule has 11 heteroatoms. The number of aromatic nitrogens is 2. The molecule has 5 rings (SSSR count). The highest BCUT2D eigenvalue weighted by Crippen LogP contribution is 2.39. The number of benzene rings is 1.